The number of rotatable bonds is 1. The normalized spacial score (nSPS) is 12.6. The number of hydrogen-bond donors (Lipinski definition) is 0. The predicted octanol–water partition coefficient (Wildman–Crippen LogP) is 3.15. The molecule has 86 valence electrons. The molecule has 0 bridgehead atoms. The molecule has 0 fully saturated rings. The van der Waals surface area contributed by atoms with Crippen molar-refractivity contribution in [3.05, 3.63) is 29.7 Å². The summed E-state index contributed by atoms with van der Waals surface area (Å²) in [6.07, 6.45) is 3.79. The molecular formula is C13H19N3. The van der Waals surface area contributed by atoms with Gasteiger partial charge in [-0.05, 0) is 12.0 Å². The van der Waals surface area contributed by atoms with Gasteiger partial charge in [0.15, 0.2) is 5.65 Å². The smallest absolute Gasteiger partial charge is 0.158 e. The van der Waals surface area contributed by atoms with Gasteiger partial charge in [-0.3, -0.25) is 0 Å². The van der Waals surface area contributed by atoms with Crippen LogP contribution in [0.25, 0.3) is 5.65 Å². The number of aromatic nitrogens is 3. The van der Waals surface area contributed by atoms with Gasteiger partial charge in [0.1, 0.15) is 0 Å². The number of fused-ring (bicyclic) bond motifs is 1. The second-order valence-electron chi connectivity index (χ2n) is 5.55. The van der Waals surface area contributed by atoms with E-state index in [4.69, 9.17) is 0 Å². The van der Waals surface area contributed by atoms with Crippen LogP contribution in [0.4, 0.5) is 0 Å². The molecular weight excluding hydrogens is 198 g/mol. The van der Waals surface area contributed by atoms with Crippen LogP contribution in [0.5, 0.6) is 0 Å². The van der Waals surface area contributed by atoms with Crippen LogP contribution >= 0.6 is 0 Å². The fourth-order valence-corrected chi connectivity index (χ4v) is 1.99. The molecule has 0 unspecified atom stereocenters. The Hall–Kier alpha value is -1.38. The van der Waals surface area contributed by atoms with E-state index in [1.807, 2.05) is 23.0 Å². The van der Waals surface area contributed by atoms with Crippen LogP contribution in [0.2, 0.25) is 0 Å². The highest BCUT2D eigenvalue weighted by atomic mass is 15.3. The Morgan fingerprint density at radius 2 is 1.94 bits per heavy atom. The van der Waals surface area contributed by atoms with E-state index in [0.29, 0.717) is 5.92 Å². The third kappa shape index (κ3) is 1.70. The van der Waals surface area contributed by atoms with Crippen molar-refractivity contribution >= 4 is 5.65 Å². The van der Waals surface area contributed by atoms with Crippen LogP contribution < -0.4 is 0 Å². The van der Waals surface area contributed by atoms with E-state index >= 15 is 0 Å². The first-order valence-electron chi connectivity index (χ1n) is 5.75. The van der Waals surface area contributed by atoms with Gasteiger partial charge in [-0.15, -0.1) is 0 Å². The van der Waals surface area contributed by atoms with Gasteiger partial charge < -0.3 is 0 Å². The van der Waals surface area contributed by atoms with Crippen LogP contribution in [0.3, 0.4) is 0 Å². The fourth-order valence-electron chi connectivity index (χ4n) is 1.99. The topological polar surface area (TPSA) is 30.2 Å². The highest BCUT2D eigenvalue weighted by Gasteiger charge is 2.25. The Morgan fingerprint density at radius 3 is 2.50 bits per heavy atom. The van der Waals surface area contributed by atoms with E-state index in [2.05, 4.69) is 44.7 Å². The van der Waals surface area contributed by atoms with E-state index in [1.165, 1.54) is 5.56 Å². The zero-order chi connectivity index (χ0) is 11.9. The molecule has 2 aromatic rings. The minimum Gasteiger partial charge on any atom is -0.237 e. The molecule has 0 aliphatic rings. The Bertz CT molecular complexity index is 503. The van der Waals surface area contributed by atoms with Crippen molar-refractivity contribution in [3.63, 3.8) is 0 Å². The lowest BCUT2D eigenvalue weighted by molar-refractivity contribution is 0.552. The number of nitrogens with zero attached hydrogens (tertiary/aromatic N) is 3. The van der Waals surface area contributed by atoms with Crippen LogP contribution in [0.15, 0.2) is 18.5 Å². The highest BCUT2D eigenvalue weighted by Crippen LogP contribution is 2.31. The average molecular weight is 217 g/mol. The van der Waals surface area contributed by atoms with Gasteiger partial charge in [0.2, 0.25) is 0 Å². The quantitative estimate of drug-likeness (QED) is 0.734. The molecule has 0 aliphatic heterocycles. The molecule has 0 spiro atoms. The van der Waals surface area contributed by atoms with E-state index in [-0.39, 0.29) is 5.41 Å². The lowest BCUT2D eigenvalue weighted by atomic mass is 9.86. The molecule has 0 atom stereocenters. The summed E-state index contributed by atoms with van der Waals surface area (Å²) in [7, 11) is 0. The Kier molecular flexibility index (Phi) is 2.49. The highest BCUT2D eigenvalue weighted by molar-refractivity contribution is 5.53. The molecule has 3 heteroatoms. The lowest BCUT2D eigenvalue weighted by Gasteiger charge is -2.18. The van der Waals surface area contributed by atoms with Gasteiger partial charge in [0, 0.05) is 23.4 Å². The summed E-state index contributed by atoms with van der Waals surface area (Å²) in [6, 6.07) is 1.91. The summed E-state index contributed by atoms with van der Waals surface area (Å²) < 4.78 is 1.88. The van der Waals surface area contributed by atoms with Crippen LogP contribution in [-0.2, 0) is 5.41 Å². The van der Waals surface area contributed by atoms with Gasteiger partial charge in [-0.25, -0.2) is 9.50 Å². The van der Waals surface area contributed by atoms with Crippen molar-refractivity contribution in [2.75, 3.05) is 0 Å². The van der Waals surface area contributed by atoms with Gasteiger partial charge in [0.25, 0.3) is 0 Å². The fraction of sp³-hybridized carbons (Fsp3) is 0.538. The summed E-state index contributed by atoms with van der Waals surface area (Å²) >= 11 is 0. The average Bonchev–Trinajstić information content (AvgIpc) is 2.55. The maximum Gasteiger partial charge on any atom is 0.158 e. The van der Waals surface area contributed by atoms with E-state index in [0.717, 1.165) is 11.3 Å². The van der Waals surface area contributed by atoms with Crippen molar-refractivity contribution in [3.8, 4) is 0 Å². The van der Waals surface area contributed by atoms with E-state index in [9.17, 15) is 0 Å². The van der Waals surface area contributed by atoms with Gasteiger partial charge in [-0.2, -0.15) is 5.10 Å². The van der Waals surface area contributed by atoms with Gasteiger partial charge >= 0.3 is 0 Å². The Morgan fingerprint density at radius 1 is 1.25 bits per heavy atom. The lowest BCUT2D eigenvalue weighted by Crippen LogP contribution is -2.15. The molecule has 2 aromatic heterocycles. The molecule has 16 heavy (non-hydrogen) atoms. The number of hydrogen-bond acceptors (Lipinski definition) is 2. The van der Waals surface area contributed by atoms with Crippen molar-refractivity contribution < 1.29 is 0 Å². The summed E-state index contributed by atoms with van der Waals surface area (Å²) in [5, 5.41) is 4.66. The molecule has 0 aliphatic carbocycles. The Labute approximate surface area is 96.5 Å². The van der Waals surface area contributed by atoms with Gasteiger partial charge in [0.05, 0.1) is 5.69 Å². The zero-order valence-corrected chi connectivity index (χ0v) is 10.7. The SMILES string of the molecule is CC(C)c1c(C(C)(C)C)nn2cccnc12. The first-order valence-corrected chi connectivity index (χ1v) is 5.75. The van der Waals surface area contributed by atoms with Crippen molar-refractivity contribution in [1.29, 1.82) is 0 Å². The molecule has 0 aromatic carbocycles. The van der Waals surface area contributed by atoms with Gasteiger partial charge in [-0.1, -0.05) is 34.6 Å². The maximum atomic E-state index is 4.66. The maximum absolute atomic E-state index is 4.66. The first kappa shape index (κ1) is 11.1. The van der Waals surface area contributed by atoms with Crippen molar-refractivity contribution in [2.24, 2.45) is 0 Å². The minimum absolute atomic E-state index is 0.0628. The van der Waals surface area contributed by atoms with Crippen LogP contribution in [-0.4, -0.2) is 14.6 Å². The molecule has 0 saturated heterocycles. The molecule has 0 saturated carbocycles. The van der Waals surface area contributed by atoms with Crippen LogP contribution in [0, 0.1) is 0 Å². The summed E-state index contributed by atoms with van der Waals surface area (Å²) in [4.78, 5) is 4.44. The van der Waals surface area contributed by atoms with Crippen LogP contribution in [0.1, 0.15) is 51.8 Å². The largest absolute Gasteiger partial charge is 0.237 e. The summed E-state index contributed by atoms with van der Waals surface area (Å²) in [6.45, 7) is 11.0. The van der Waals surface area contributed by atoms with Crippen molar-refractivity contribution in [1.82, 2.24) is 14.6 Å². The third-order valence-corrected chi connectivity index (χ3v) is 2.72. The van der Waals surface area contributed by atoms with Crippen molar-refractivity contribution in [2.45, 2.75) is 46.0 Å². The molecule has 0 N–H and O–H groups in total. The summed E-state index contributed by atoms with van der Waals surface area (Å²) in [5.74, 6) is 0.446. The zero-order valence-electron chi connectivity index (χ0n) is 10.7. The molecule has 0 radical (unpaired) electrons. The second kappa shape index (κ2) is 3.58. The molecule has 0 amide bonds. The monoisotopic (exact) mass is 217 g/mol. The van der Waals surface area contributed by atoms with E-state index < -0.39 is 0 Å². The molecule has 2 heterocycles. The third-order valence-electron chi connectivity index (χ3n) is 2.72. The second-order valence-corrected chi connectivity index (χ2v) is 5.55. The first-order chi connectivity index (χ1) is 7.41. The Balaban J connectivity index is 2.78. The molecule has 2 rings (SSSR count). The standard InChI is InChI=1S/C13H19N3/c1-9(2)10-11(13(3,4)5)15-16-8-6-7-14-12(10)16/h6-9H,1-5H3. The minimum atomic E-state index is 0.0628. The van der Waals surface area contributed by atoms with E-state index in [1.54, 1.807) is 0 Å². The molecule has 3 nitrogen and oxygen atoms in total. The summed E-state index contributed by atoms with van der Waals surface area (Å²) in [5.41, 5.74) is 3.48. The predicted molar refractivity (Wildman–Crippen MR) is 65.8 cm³/mol.